The van der Waals surface area contributed by atoms with Gasteiger partial charge < -0.3 is 0 Å². The fraction of sp³-hybridized carbons (Fsp3) is 0.0625. The number of thiocarbonyl (C=S) groups is 1. The molecule has 0 spiro atoms. The highest BCUT2D eigenvalue weighted by Gasteiger charge is 2.33. The van der Waals surface area contributed by atoms with Crippen LogP contribution in [-0.2, 0) is 4.79 Å². The van der Waals surface area contributed by atoms with Crippen molar-refractivity contribution in [2.75, 3.05) is 0 Å². The molecule has 2 aromatic rings. The van der Waals surface area contributed by atoms with Gasteiger partial charge in [-0.25, -0.2) is 0 Å². The van der Waals surface area contributed by atoms with E-state index in [-0.39, 0.29) is 11.8 Å². The monoisotopic (exact) mass is 360 g/mol. The average molecular weight is 360 g/mol. The van der Waals surface area contributed by atoms with Crippen molar-refractivity contribution in [1.82, 2.24) is 10.4 Å². The maximum atomic E-state index is 12.5. The molecule has 0 aliphatic carbocycles. The first-order valence-corrected chi connectivity index (χ1v) is 8.85. The summed E-state index contributed by atoms with van der Waals surface area (Å²) in [6, 6.07) is 10.7. The van der Waals surface area contributed by atoms with Crippen molar-refractivity contribution in [2.45, 2.75) is 6.92 Å². The quantitative estimate of drug-likeness (QED) is 0.671. The first-order valence-electron chi connectivity index (χ1n) is 6.74. The molecule has 1 aromatic carbocycles. The molecule has 23 heavy (non-hydrogen) atoms. The Morgan fingerprint density at radius 1 is 1.26 bits per heavy atom. The smallest absolute Gasteiger partial charge is 0.267 e. The molecule has 1 aliphatic rings. The number of hydrazine groups is 1. The molecular formula is C16H12N2O2S3. The molecule has 1 fully saturated rings. The van der Waals surface area contributed by atoms with Crippen LogP contribution in [0.4, 0.5) is 0 Å². The lowest BCUT2D eigenvalue weighted by Crippen LogP contribution is -2.44. The van der Waals surface area contributed by atoms with E-state index < -0.39 is 0 Å². The largest absolute Gasteiger partial charge is 0.285 e. The highest BCUT2D eigenvalue weighted by atomic mass is 32.2. The van der Waals surface area contributed by atoms with Gasteiger partial charge in [0.05, 0.1) is 4.91 Å². The number of rotatable bonds is 3. The zero-order chi connectivity index (χ0) is 16.4. The predicted octanol–water partition coefficient (Wildman–Crippen LogP) is 3.60. The third-order valence-electron chi connectivity index (χ3n) is 3.21. The van der Waals surface area contributed by atoms with Crippen molar-refractivity contribution in [3.05, 3.63) is 62.7 Å². The second-order valence-electron chi connectivity index (χ2n) is 4.79. The Morgan fingerprint density at radius 3 is 2.65 bits per heavy atom. The number of thiophene rings is 1. The lowest BCUT2D eigenvalue weighted by Gasteiger charge is -2.15. The number of benzene rings is 1. The number of carbonyl (C=O) groups excluding carboxylic acids is 2. The Bertz CT molecular complexity index is 812. The maximum absolute atomic E-state index is 12.5. The molecule has 1 N–H and O–H groups in total. The van der Waals surface area contributed by atoms with Gasteiger partial charge in [-0.05, 0) is 54.4 Å². The van der Waals surface area contributed by atoms with Crippen LogP contribution < -0.4 is 5.43 Å². The van der Waals surface area contributed by atoms with Crippen molar-refractivity contribution < 1.29 is 9.59 Å². The van der Waals surface area contributed by atoms with Gasteiger partial charge in [-0.3, -0.25) is 15.0 Å². The van der Waals surface area contributed by atoms with Crippen LogP contribution in [-0.4, -0.2) is 21.1 Å². The van der Waals surface area contributed by atoms with E-state index in [1.807, 2.05) is 30.5 Å². The zero-order valence-electron chi connectivity index (χ0n) is 12.1. The summed E-state index contributed by atoms with van der Waals surface area (Å²) in [6.45, 7) is 1.99. The number of aryl methyl sites for hydroxylation is 1. The number of nitrogens with zero attached hydrogens (tertiary/aromatic N) is 1. The minimum absolute atomic E-state index is 0.308. The van der Waals surface area contributed by atoms with E-state index in [0.717, 1.165) is 15.4 Å². The van der Waals surface area contributed by atoms with Crippen LogP contribution in [0, 0.1) is 6.92 Å². The molecule has 116 valence electrons. The van der Waals surface area contributed by atoms with Crippen LogP contribution in [0.1, 0.15) is 20.8 Å². The molecule has 1 aliphatic heterocycles. The zero-order valence-corrected chi connectivity index (χ0v) is 14.6. The fourth-order valence-corrected chi connectivity index (χ4v) is 4.07. The number of hydrogen-bond donors (Lipinski definition) is 1. The van der Waals surface area contributed by atoms with Gasteiger partial charge in [-0.15, -0.1) is 11.3 Å². The summed E-state index contributed by atoms with van der Waals surface area (Å²) >= 11 is 7.95. The van der Waals surface area contributed by atoms with Crippen molar-refractivity contribution in [1.29, 1.82) is 0 Å². The van der Waals surface area contributed by atoms with E-state index >= 15 is 0 Å². The molecule has 0 atom stereocenters. The van der Waals surface area contributed by atoms with Crippen molar-refractivity contribution >= 4 is 57.5 Å². The number of hydrogen-bond acceptors (Lipinski definition) is 5. The molecule has 4 nitrogen and oxygen atoms in total. The molecule has 2 amide bonds. The number of amides is 2. The van der Waals surface area contributed by atoms with Crippen LogP contribution in [0.5, 0.6) is 0 Å². The van der Waals surface area contributed by atoms with Gasteiger partial charge in [-0.2, -0.15) is 5.01 Å². The number of carbonyl (C=O) groups is 2. The van der Waals surface area contributed by atoms with Gasteiger partial charge in [0, 0.05) is 10.4 Å². The Hall–Kier alpha value is -1.96. The summed E-state index contributed by atoms with van der Waals surface area (Å²) in [5.41, 5.74) is 4.14. The molecule has 0 unspecified atom stereocenters. The number of thioether (sulfide) groups is 1. The van der Waals surface area contributed by atoms with Crippen molar-refractivity contribution in [2.24, 2.45) is 0 Å². The van der Waals surface area contributed by atoms with Gasteiger partial charge in [0.15, 0.2) is 4.32 Å². The third kappa shape index (κ3) is 3.36. The van der Waals surface area contributed by atoms with Gasteiger partial charge >= 0.3 is 0 Å². The molecule has 0 saturated carbocycles. The molecule has 3 rings (SSSR count). The highest BCUT2D eigenvalue weighted by molar-refractivity contribution is 8.26. The van der Waals surface area contributed by atoms with E-state index in [4.69, 9.17) is 12.2 Å². The predicted molar refractivity (Wildman–Crippen MR) is 98.0 cm³/mol. The molecule has 1 aromatic heterocycles. The second kappa shape index (κ2) is 6.66. The standard InChI is InChI=1S/C16H12N2O2S3/c1-10-7-8-22-12(10)9-13-15(20)18(16(21)23-13)17-14(19)11-5-3-2-4-6-11/h2-9H,1H3,(H,17,19)/b13-9-. The summed E-state index contributed by atoms with van der Waals surface area (Å²) in [4.78, 5) is 26.2. The maximum Gasteiger partial charge on any atom is 0.285 e. The van der Waals surface area contributed by atoms with E-state index in [1.54, 1.807) is 35.6 Å². The van der Waals surface area contributed by atoms with Crippen LogP contribution in [0.25, 0.3) is 6.08 Å². The van der Waals surface area contributed by atoms with Crippen LogP contribution in [0.15, 0.2) is 46.7 Å². The van der Waals surface area contributed by atoms with Gasteiger partial charge in [0.1, 0.15) is 0 Å². The van der Waals surface area contributed by atoms with Crippen LogP contribution >= 0.6 is 35.3 Å². The minimum Gasteiger partial charge on any atom is -0.267 e. The summed E-state index contributed by atoms with van der Waals surface area (Å²) in [5, 5.41) is 3.10. The minimum atomic E-state index is -0.365. The SMILES string of the molecule is Cc1ccsc1/C=C1\SC(=S)N(NC(=O)c2ccccc2)C1=O. The van der Waals surface area contributed by atoms with E-state index in [9.17, 15) is 9.59 Å². The molecule has 2 heterocycles. The summed E-state index contributed by atoms with van der Waals surface area (Å²) in [7, 11) is 0. The average Bonchev–Trinajstić information content (AvgIpc) is 3.07. The molecule has 1 saturated heterocycles. The van der Waals surface area contributed by atoms with Gasteiger partial charge in [-0.1, -0.05) is 30.0 Å². The lowest BCUT2D eigenvalue weighted by atomic mass is 10.2. The van der Waals surface area contributed by atoms with Gasteiger partial charge in [0.25, 0.3) is 11.8 Å². The topological polar surface area (TPSA) is 49.4 Å². The first-order chi connectivity index (χ1) is 11.1. The highest BCUT2D eigenvalue weighted by Crippen LogP contribution is 2.33. The van der Waals surface area contributed by atoms with Crippen LogP contribution in [0.2, 0.25) is 0 Å². The van der Waals surface area contributed by atoms with E-state index in [0.29, 0.717) is 14.8 Å². The van der Waals surface area contributed by atoms with E-state index in [1.165, 1.54) is 11.8 Å². The Morgan fingerprint density at radius 2 is 2.00 bits per heavy atom. The normalized spacial score (nSPS) is 16.2. The van der Waals surface area contributed by atoms with Crippen LogP contribution in [0.3, 0.4) is 0 Å². The van der Waals surface area contributed by atoms with Crippen molar-refractivity contribution in [3.8, 4) is 0 Å². The molecule has 0 radical (unpaired) electrons. The summed E-state index contributed by atoms with van der Waals surface area (Å²) < 4.78 is 0.319. The van der Waals surface area contributed by atoms with Gasteiger partial charge in [0.2, 0.25) is 0 Å². The Labute approximate surface area is 147 Å². The Balaban J connectivity index is 1.78. The molecular weight excluding hydrogens is 348 g/mol. The molecule has 7 heteroatoms. The van der Waals surface area contributed by atoms with Crippen molar-refractivity contribution in [3.63, 3.8) is 0 Å². The van der Waals surface area contributed by atoms with E-state index in [2.05, 4.69) is 5.43 Å². The molecule has 0 bridgehead atoms. The third-order valence-corrected chi connectivity index (χ3v) is 5.48. The number of nitrogens with one attached hydrogen (secondary N) is 1. The summed E-state index contributed by atoms with van der Waals surface area (Å²) in [5.74, 6) is -0.674. The fourth-order valence-electron chi connectivity index (χ4n) is 1.97. The summed E-state index contributed by atoms with van der Waals surface area (Å²) in [6.07, 6.45) is 1.81. The lowest BCUT2D eigenvalue weighted by molar-refractivity contribution is -0.123. The Kier molecular flexibility index (Phi) is 4.61. The first kappa shape index (κ1) is 15.9. The second-order valence-corrected chi connectivity index (χ2v) is 7.42.